The van der Waals surface area contributed by atoms with Crippen molar-refractivity contribution in [2.75, 3.05) is 6.61 Å². The molecule has 0 amide bonds. The SMILES string of the molecule is CCOC(=O)C(F)C1(O)CCc2ccccc2C1. The van der Waals surface area contributed by atoms with Crippen LogP contribution in [0.25, 0.3) is 0 Å². The number of rotatable bonds is 3. The number of aliphatic hydroxyl groups is 1. The minimum absolute atomic E-state index is 0.117. The molecule has 2 atom stereocenters. The van der Waals surface area contributed by atoms with Crippen LogP contribution in [0.1, 0.15) is 24.5 Å². The number of benzene rings is 1. The summed E-state index contributed by atoms with van der Waals surface area (Å²) >= 11 is 0. The van der Waals surface area contributed by atoms with Crippen LogP contribution in [0.5, 0.6) is 0 Å². The molecule has 0 spiro atoms. The number of ether oxygens (including phenoxy) is 1. The predicted octanol–water partition coefficient (Wildman–Crippen LogP) is 1.81. The summed E-state index contributed by atoms with van der Waals surface area (Å²) in [5.74, 6) is -0.973. The maximum absolute atomic E-state index is 14.0. The molecule has 4 heteroatoms. The number of carbonyl (C=O) groups excluding carboxylic acids is 1. The molecule has 1 aromatic carbocycles. The van der Waals surface area contributed by atoms with Gasteiger partial charge in [0, 0.05) is 6.42 Å². The van der Waals surface area contributed by atoms with Gasteiger partial charge in [0.2, 0.25) is 6.17 Å². The van der Waals surface area contributed by atoms with E-state index in [0.717, 1.165) is 11.1 Å². The van der Waals surface area contributed by atoms with Crippen molar-refractivity contribution in [1.82, 2.24) is 0 Å². The fourth-order valence-corrected chi connectivity index (χ4v) is 2.39. The summed E-state index contributed by atoms with van der Waals surface area (Å²) in [6.45, 7) is 1.73. The van der Waals surface area contributed by atoms with Gasteiger partial charge in [0.05, 0.1) is 6.61 Å². The third kappa shape index (κ3) is 2.38. The van der Waals surface area contributed by atoms with Gasteiger partial charge in [0.1, 0.15) is 5.60 Å². The Kier molecular flexibility index (Phi) is 3.66. The van der Waals surface area contributed by atoms with Gasteiger partial charge < -0.3 is 9.84 Å². The van der Waals surface area contributed by atoms with Crippen molar-refractivity contribution in [2.45, 2.75) is 38.0 Å². The van der Waals surface area contributed by atoms with Crippen molar-refractivity contribution in [3.8, 4) is 0 Å². The van der Waals surface area contributed by atoms with Crippen molar-refractivity contribution in [3.05, 3.63) is 35.4 Å². The maximum Gasteiger partial charge on any atom is 0.343 e. The lowest BCUT2D eigenvalue weighted by Gasteiger charge is -2.34. The molecule has 1 aromatic rings. The molecule has 0 fully saturated rings. The second-order valence-corrected chi connectivity index (χ2v) is 4.66. The summed E-state index contributed by atoms with van der Waals surface area (Å²) in [5.41, 5.74) is 0.372. The maximum atomic E-state index is 14.0. The molecule has 0 aliphatic heterocycles. The summed E-state index contributed by atoms with van der Waals surface area (Å²) < 4.78 is 18.7. The van der Waals surface area contributed by atoms with Gasteiger partial charge in [-0.2, -0.15) is 0 Å². The Labute approximate surface area is 106 Å². The van der Waals surface area contributed by atoms with E-state index in [-0.39, 0.29) is 19.4 Å². The molecule has 98 valence electrons. The van der Waals surface area contributed by atoms with Crippen LogP contribution < -0.4 is 0 Å². The number of alkyl halides is 1. The average molecular weight is 252 g/mol. The second-order valence-electron chi connectivity index (χ2n) is 4.66. The molecule has 1 aliphatic rings. The van der Waals surface area contributed by atoms with Crippen molar-refractivity contribution in [1.29, 1.82) is 0 Å². The van der Waals surface area contributed by atoms with E-state index in [4.69, 9.17) is 0 Å². The van der Waals surface area contributed by atoms with Crippen LogP contribution in [-0.4, -0.2) is 29.5 Å². The minimum atomic E-state index is -1.98. The summed E-state index contributed by atoms with van der Waals surface area (Å²) in [5, 5.41) is 10.3. The fraction of sp³-hybridized carbons (Fsp3) is 0.500. The normalized spacial score (nSPS) is 24.2. The molecule has 2 rings (SSSR count). The highest BCUT2D eigenvalue weighted by atomic mass is 19.1. The highest BCUT2D eigenvalue weighted by Gasteiger charge is 2.45. The van der Waals surface area contributed by atoms with Crippen LogP contribution in [0, 0.1) is 0 Å². The molecule has 0 saturated carbocycles. The third-order valence-electron chi connectivity index (χ3n) is 3.41. The Morgan fingerprint density at radius 2 is 2.17 bits per heavy atom. The Morgan fingerprint density at radius 3 is 2.83 bits per heavy atom. The Hall–Kier alpha value is -1.42. The molecular weight excluding hydrogens is 235 g/mol. The van der Waals surface area contributed by atoms with E-state index in [2.05, 4.69) is 4.74 Å². The molecule has 0 saturated heterocycles. The Balaban J connectivity index is 2.17. The first kappa shape index (κ1) is 13.0. The van der Waals surface area contributed by atoms with Crippen LogP contribution >= 0.6 is 0 Å². The van der Waals surface area contributed by atoms with Gasteiger partial charge in [-0.25, -0.2) is 9.18 Å². The van der Waals surface area contributed by atoms with E-state index in [1.54, 1.807) is 6.92 Å². The topological polar surface area (TPSA) is 46.5 Å². The largest absolute Gasteiger partial charge is 0.464 e. The molecule has 0 heterocycles. The van der Waals surface area contributed by atoms with Gasteiger partial charge >= 0.3 is 5.97 Å². The number of halogens is 1. The van der Waals surface area contributed by atoms with Gasteiger partial charge in [-0.15, -0.1) is 0 Å². The van der Waals surface area contributed by atoms with Gasteiger partial charge in [-0.3, -0.25) is 0 Å². The number of hydrogen-bond acceptors (Lipinski definition) is 3. The first-order chi connectivity index (χ1) is 8.57. The van der Waals surface area contributed by atoms with Gasteiger partial charge in [0.15, 0.2) is 0 Å². The van der Waals surface area contributed by atoms with Crippen molar-refractivity contribution < 1.29 is 19.0 Å². The van der Waals surface area contributed by atoms with Crippen molar-refractivity contribution >= 4 is 5.97 Å². The lowest BCUT2D eigenvalue weighted by Crippen LogP contribution is -2.49. The van der Waals surface area contributed by atoms with Gasteiger partial charge in [-0.1, -0.05) is 24.3 Å². The van der Waals surface area contributed by atoms with Crippen LogP contribution in [0.2, 0.25) is 0 Å². The van der Waals surface area contributed by atoms with Crippen molar-refractivity contribution in [3.63, 3.8) is 0 Å². The van der Waals surface area contributed by atoms with E-state index in [1.165, 1.54) is 0 Å². The van der Waals surface area contributed by atoms with E-state index < -0.39 is 17.7 Å². The summed E-state index contributed by atoms with van der Waals surface area (Å²) in [6.07, 6.45) is -1.01. The van der Waals surface area contributed by atoms with Gasteiger partial charge in [-0.05, 0) is 30.9 Å². The highest BCUT2D eigenvalue weighted by molar-refractivity contribution is 5.76. The fourth-order valence-electron chi connectivity index (χ4n) is 2.39. The summed E-state index contributed by atoms with van der Waals surface area (Å²) in [7, 11) is 0. The van der Waals surface area contributed by atoms with Crippen LogP contribution in [0.4, 0.5) is 4.39 Å². The standard InChI is InChI=1S/C14H17FO3/c1-2-18-13(16)12(15)14(17)8-7-10-5-3-4-6-11(10)9-14/h3-6,12,17H,2,7-9H2,1H3. The van der Waals surface area contributed by atoms with Crippen LogP contribution in [0.3, 0.4) is 0 Å². The molecule has 18 heavy (non-hydrogen) atoms. The number of carbonyl (C=O) groups is 1. The van der Waals surface area contributed by atoms with E-state index in [9.17, 15) is 14.3 Å². The molecule has 3 nitrogen and oxygen atoms in total. The second kappa shape index (κ2) is 5.06. The molecule has 0 bridgehead atoms. The zero-order chi connectivity index (χ0) is 13.2. The first-order valence-electron chi connectivity index (χ1n) is 6.16. The summed E-state index contributed by atoms with van der Waals surface area (Å²) in [6, 6.07) is 7.59. The summed E-state index contributed by atoms with van der Waals surface area (Å²) in [4.78, 5) is 11.4. The Bertz CT molecular complexity index is 446. The molecule has 1 N–H and O–H groups in total. The molecule has 1 aliphatic carbocycles. The lowest BCUT2D eigenvalue weighted by atomic mass is 9.78. The van der Waals surface area contributed by atoms with Crippen LogP contribution in [0.15, 0.2) is 24.3 Å². The number of aryl methyl sites for hydroxylation is 1. The van der Waals surface area contributed by atoms with E-state index >= 15 is 0 Å². The van der Waals surface area contributed by atoms with Crippen molar-refractivity contribution in [2.24, 2.45) is 0 Å². The molecular formula is C14H17FO3. The predicted molar refractivity (Wildman–Crippen MR) is 64.9 cm³/mol. The molecule has 2 unspecified atom stereocenters. The number of fused-ring (bicyclic) bond motifs is 1. The Morgan fingerprint density at radius 1 is 1.50 bits per heavy atom. The zero-order valence-corrected chi connectivity index (χ0v) is 10.4. The number of hydrogen-bond donors (Lipinski definition) is 1. The minimum Gasteiger partial charge on any atom is -0.464 e. The van der Waals surface area contributed by atoms with E-state index in [0.29, 0.717) is 6.42 Å². The monoisotopic (exact) mass is 252 g/mol. The lowest BCUT2D eigenvalue weighted by molar-refractivity contribution is -0.161. The van der Waals surface area contributed by atoms with Crippen LogP contribution in [-0.2, 0) is 22.4 Å². The number of esters is 1. The quantitative estimate of drug-likeness (QED) is 0.834. The highest BCUT2D eigenvalue weighted by Crippen LogP contribution is 2.32. The third-order valence-corrected chi connectivity index (χ3v) is 3.41. The smallest absolute Gasteiger partial charge is 0.343 e. The molecule has 0 aromatic heterocycles. The molecule has 0 radical (unpaired) electrons. The average Bonchev–Trinajstić information content (AvgIpc) is 2.38. The van der Waals surface area contributed by atoms with E-state index in [1.807, 2.05) is 24.3 Å². The first-order valence-corrected chi connectivity index (χ1v) is 6.16. The zero-order valence-electron chi connectivity index (χ0n) is 10.4. The van der Waals surface area contributed by atoms with Gasteiger partial charge in [0.25, 0.3) is 0 Å².